The van der Waals surface area contributed by atoms with Gasteiger partial charge in [0.1, 0.15) is 11.2 Å². The topological polar surface area (TPSA) is 51.8 Å². The summed E-state index contributed by atoms with van der Waals surface area (Å²) in [6, 6.07) is 57.4. The first kappa shape index (κ1) is 29.1. The Kier molecular flexibility index (Phi) is 6.39. The summed E-state index contributed by atoms with van der Waals surface area (Å²) in [4.78, 5) is 15.2. The first-order chi connectivity index (χ1) is 25.7. The van der Waals surface area contributed by atoms with Gasteiger partial charge in [0, 0.05) is 47.6 Å². The fourth-order valence-corrected chi connectivity index (χ4v) is 8.82. The van der Waals surface area contributed by atoms with Gasteiger partial charge in [0.25, 0.3) is 0 Å². The molecule has 0 unspecified atom stereocenters. The van der Waals surface area contributed by atoms with Crippen molar-refractivity contribution in [2.24, 2.45) is 0 Å². The molecule has 8 aromatic carbocycles. The van der Waals surface area contributed by atoms with Crippen molar-refractivity contribution in [3.05, 3.63) is 164 Å². The zero-order chi connectivity index (χ0) is 34.2. The van der Waals surface area contributed by atoms with Crippen LogP contribution in [0.25, 0.3) is 109 Å². The number of hydrogen-bond donors (Lipinski definition) is 0. The lowest BCUT2D eigenvalue weighted by Crippen LogP contribution is -2.00. The van der Waals surface area contributed by atoms with E-state index < -0.39 is 0 Å². The van der Waals surface area contributed by atoms with Crippen LogP contribution < -0.4 is 0 Å². The Hall–Kier alpha value is -6.69. The number of rotatable bonds is 4. The third-order valence-corrected chi connectivity index (χ3v) is 11.3. The van der Waals surface area contributed by atoms with E-state index in [9.17, 15) is 0 Å². The molecule has 0 amide bonds. The van der Waals surface area contributed by atoms with Crippen molar-refractivity contribution in [3.8, 4) is 45.3 Å². The van der Waals surface area contributed by atoms with Crippen molar-refractivity contribution < 1.29 is 4.42 Å². The van der Waals surface area contributed by atoms with E-state index in [2.05, 4.69) is 127 Å². The Morgan fingerprint density at radius 3 is 1.85 bits per heavy atom. The minimum atomic E-state index is 0.619. The molecule has 3 aromatic heterocycles. The average Bonchev–Trinajstić information content (AvgIpc) is 3.78. The smallest absolute Gasteiger partial charge is 0.164 e. The standard InChI is InChI=1S/C47H27N3OS/c1-2-12-29(13-3-1)45-48-46(50-47(49-45)31-21-23-36-35-17-8-9-20-42(35)52-43(36)26-31)30-22-24-40-39(25-30)44-37-18-7-6-16-34(37)38(27-41(44)51-40)33-19-10-14-28-11-4-5-15-32(28)33/h1-27H. The molecular weight excluding hydrogens is 655 g/mol. The fraction of sp³-hybridized carbons (Fsp3) is 0. The van der Waals surface area contributed by atoms with Crippen LogP contribution in [0, 0.1) is 0 Å². The van der Waals surface area contributed by atoms with E-state index in [1.54, 1.807) is 11.3 Å². The molecule has 5 heteroatoms. The number of aromatic nitrogens is 3. The van der Waals surface area contributed by atoms with Gasteiger partial charge in [-0.3, -0.25) is 0 Å². The summed E-state index contributed by atoms with van der Waals surface area (Å²) in [6.07, 6.45) is 0. The molecule has 0 aliphatic carbocycles. The lowest BCUT2D eigenvalue weighted by Gasteiger charge is -2.11. The molecule has 52 heavy (non-hydrogen) atoms. The molecule has 0 aliphatic rings. The second-order valence-electron chi connectivity index (χ2n) is 13.2. The third-order valence-electron chi connectivity index (χ3n) is 10.1. The Morgan fingerprint density at radius 2 is 1.00 bits per heavy atom. The molecular formula is C47H27N3OS. The molecule has 0 aliphatic heterocycles. The van der Waals surface area contributed by atoms with Gasteiger partial charge in [-0.25, -0.2) is 15.0 Å². The average molecular weight is 682 g/mol. The second kappa shape index (κ2) is 11.4. The van der Waals surface area contributed by atoms with Crippen LogP contribution in [-0.4, -0.2) is 15.0 Å². The van der Waals surface area contributed by atoms with Crippen molar-refractivity contribution in [2.45, 2.75) is 0 Å². The summed E-state index contributed by atoms with van der Waals surface area (Å²) in [5.74, 6) is 1.90. The van der Waals surface area contributed by atoms with Gasteiger partial charge in [-0.05, 0) is 69.1 Å². The van der Waals surface area contributed by atoms with Gasteiger partial charge in [0.2, 0.25) is 0 Å². The third kappa shape index (κ3) is 4.57. The SMILES string of the molecule is c1ccc(-c2nc(-c3ccc4c(c3)sc3ccccc34)nc(-c3ccc4oc5cc(-c6cccc7ccccc67)c6ccccc6c5c4c3)n2)cc1. The van der Waals surface area contributed by atoms with E-state index in [1.165, 1.54) is 41.9 Å². The number of furan rings is 1. The highest BCUT2D eigenvalue weighted by molar-refractivity contribution is 7.25. The molecule has 11 aromatic rings. The van der Waals surface area contributed by atoms with Crippen LogP contribution in [0.3, 0.4) is 0 Å². The number of benzene rings is 8. The van der Waals surface area contributed by atoms with E-state index in [1.807, 2.05) is 36.4 Å². The molecule has 0 atom stereocenters. The van der Waals surface area contributed by atoms with Gasteiger partial charge in [0.05, 0.1) is 0 Å². The Bertz CT molecular complexity index is 3190. The van der Waals surface area contributed by atoms with Gasteiger partial charge in [-0.15, -0.1) is 11.3 Å². The number of hydrogen-bond acceptors (Lipinski definition) is 5. The predicted molar refractivity (Wildman–Crippen MR) is 217 cm³/mol. The number of thiophene rings is 1. The van der Waals surface area contributed by atoms with Gasteiger partial charge in [0.15, 0.2) is 17.5 Å². The quantitative estimate of drug-likeness (QED) is 0.185. The predicted octanol–water partition coefficient (Wildman–Crippen LogP) is 13.1. The summed E-state index contributed by atoms with van der Waals surface area (Å²) in [6.45, 7) is 0. The fourth-order valence-electron chi connectivity index (χ4n) is 7.68. The summed E-state index contributed by atoms with van der Waals surface area (Å²) in [7, 11) is 0. The molecule has 0 spiro atoms. The van der Waals surface area contributed by atoms with Crippen LogP contribution in [0.5, 0.6) is 0 Å². The maximum Gasteiger partial charge on any atom is 0.164 e. The molecule has 0 fully saturated rings. The summed E-state index contributed by atoms with van der Waals surface area (Å²) >= 11 is 1.79. The van der Waals surface area contributed by atoms with Crippen molar-refractivity contribution in [2.75, 3.05) is 0 Å². The van der Waals surface area contributed by atoms with Crippen LogP contribution >= 0.6 is 11.3 Å². The van der Waals surface area contributed by atoms with Crippen LogP contribution in [0.2, 0.25) is 0 Å². The van der Waals surface area contributed by atoms with Gasteiger partial charge in [-0.2, -0.15) is 0 Å². The van der Waals surface area contributed by atoms with Crippen LogP contribution in [-0.2, 0) is 0 Å². The van der Waals surface area contributed by atoms with E-state index in [0.717, 1.165) is 49.6 Å². The monoisotopic (exact) mass is 681 g/mol. The lowest BCUT2D eigenvalue weighted by molar-refractivity contribution is 0.669. The lowest BCUT2D eigenvalue weighted by atomic mass is 9.92. The van der Waals surface area contributed by atoms with E-state index >= 15 is 0 Å². The Balaban J connectivity index is 1.11. The van der Waals surface area contributed by atoms with E-state index in [4.69, 9.17) is 19.4 Å². The normalized spacial score (nSPS) is 11.8. The molecule has 0 N–H and O–H groups in total. The van der Waals surface area contributed by atoms with Gasteiger partial charge >= 0.3 is 0 Å². The second-order valence-corrected chi connectivity index (χ2v) is 14.2. The van der Waals surface area contributed by atoms with Crippen molar-refractivity contribution in [1.29, 1.82) is 0 Å². The van der Waals surface area contributed by atoms with Gasteiger partial charge in [-0.1, -0.05) is 127 Å². The molecule has 0 bridgehead atoms. The Morgan fingerprint density at radius 1 is 0.365 bits per heavy atom. The van der Waals surface area contributed by atoms with Crippen LogP contribution in [0.4, 0.5) is 0 Å². The largest absolute Gasteiger partial charge is 0.456 e. The first-order valence-corrected chi connectivity index (χ1v) is 18.2. The molecule has 4 nitrogen and oxygen atoms in total. The molecule has 242 valence electrons. The highest BCUT2D eigenvalue weighted by atomic mass is 32.1. The molecule has 11 rings (SSSR count). The number of nitrogens with zero attached hydrogens (tertiary/aromatic N) is 3. The summed E-state index contributed by atoms with van der Waals surface area (Å²) < 4.78 is 9.11. The van der Waals surface area contributed by atoms with E-state index in [-0.39, 0.29) is 0 Å². The van der Waals surface area contributed by atoms with Crippen molar-refractivity contribution in [1.82, 2.24) is 15.0 Å². The molecule has 0 saturated carbocycles. The van der Waals surface area contributed by atoms with Crippen molar-refractivity contribution >= 4 is 75.0 Å². The van der Waals surface area contributed by atoms with Gasteiger partial charge < -0.3 is 4.42 Å². The zero-order valence-corrected chi connectivity index (χ0v) is 28.6. The summed E-state index contributed by atoms with van der Waals surface area (Å²) in [5.41, 5.74) is 6.83. The molecule has 3 heterocycles. The van der Waals surface area contributed by atoms with E-state index in [0.29, 0.717) is 17.5 Å². The maximum absolute atomic E-state index is 6.63. The summed E-state index contributed by atoms with van der Waals surface area (Å²) in [5, 5.41) is 9.41. The zero-order valence-electron chi connectivity index (χ0n) is 27.7. The first-order valence-electron chi connectivity index (χ1n) is 17.3. The maximum atomic E-state index is 6.63. The highest BCUT2D eigenvalue weighted by Crippen LogP contribution is 2.43. The van der Waals surface area contributed by atoms with Crippen LogP contribution in [0.15, 0.2) is 168 Å². The Labute approximate surface area is 302 Å². The minimum Gasteiger partial charge on any atom is -0.456 e. The molecule has 0 radical (unpaired) electrons. The molecule has 0 saturated heterocycles. The number of fused-ring (bicyclic) bond motifs is 9. The van der Waals surface area contributed by atoms with Crippen molar-refractivity contribution in [3.63, 3.8) is 0 Å². The minimum absolute atomic E-state index is 0.619. The highest BCUT2D eigenvalue weighted by Gasteiger charge is 2.19. The van der Waals surface area contributed by atoms with Crippen LogP contribution in [0.1, 0.15) is 0 Å².